The number of carbonyl (C=O) groups is 3. The topological polar surface area (TPSA) is 87.3 Å². The quantitative estimate of drug-likeness (QED) is 0.656. The lowest BCUT2D eigenvalue weighted by molar-refractivity contribution is -0.120. The third-order valence-electron chi connectivity index (χ3n) is 3.27. The van der Waals surface area contributed by atoms with Crippen molar-refractivity contribution < 1.29 is 14.4 Å². The minimum absolute atomic E-state index is 0.155. The molecule has 3 amide bonds. The first-order valence-electron chi connectivity index (χ1n) is 7.70. The summed E-state index contributed by atoms with van der Waals surface area (Å²) in [6.07, 6.45) is 0. The summed E-state index contributed by atoms with van der Waals surface area (Å²) in [7, 11) is 0. The molecule has 0 atom stereocenters. The lowest BCUT2D eigenvalue weighted by Crippen LogP contribution is -2.40. The van der Waals surface area contributed by atoms with Crippen molar-refractivity contribution in [1.82, 2.24) is 16.0 Å². The molecule has 0 unspecified atom stereocenters. The Bertz CT molecular complexity index is 750. The van der Waals surface area contributed by atoms with Gasteiger partial charge in [-0.05, 0) is 30.3 Å². The van der Waals surface area contributed by atoms with Crippen LogP contribution in [0.1, 0.15) is 20.7 Å². The molecule has 3 N–H and O–H groups in total. The Morgan fingerprint density at radius 1 is 0.760 bits per heavy atom. The van der Waals surface area contributed by atoms with Gasteiger partial charge in [-0.1, -0.05) is 35.9 Å². The molecule has 0 aromatic heterocycles. The Kier molecular flexibility index (Phi) is 6.98. The highest BCUT2D eigenvalue weighted by molar-refractivity contribution is 6.30. The molecule has 0 aliphatic rings. The SMILES string of the molecule is O=C(CNC(=O)c1cccc(Cl)c1)NCCNC(=O)c1ccccc1. The number of benzene rings is 2. The van der Waals surface area contributed by atoms with Crippen molar-refractivity contribution in [3.05, 3.63) is 70.7 Å². The lowest BCUT2D eigenvalue weighted by Gasteiger charge is -2.08. The van der Waals surface area contributed by atoms with E-state index in [1.807, 2.05) is 6.07 Å². The van der Waals surface area contributed by atoms with Crippen LogP contribution in [0.15, 0.2) is 54.6 Å². The highest BCUT2D eigenvalue weighted by Crippen LogP contribution is 2.10. The second kappa shape index (κ2) is 9.44. The lowest BCUT2D eigenvalue weighted by atomic mass is 10.2. The van der Waals surface area contributed by atoms with Crippen molar-refractivity contribution in [2.75, 3.05) is 19.6 Å². The Hall–Kier alpha value is -2.86. The van der Waals surface area contributed by atoms with E-state index < -0.39 is 0 Å². The summed E-state index contributed by atoms with van der Waals surface area (Å²) in [6.45, 7) is 0.407. The Morgan fingerprint density at radius 2 is 1.40 bits per heavy atom. The fourth-order valence-electron chi connectivity index (χ4n) is 2.02. The number of halogens is 1. The van der Waals surface area contributed by atoms with E-state index in [0.29, 0.717) is 22.7 Å². The highest BCUT2D eigenvalue weighted by atomic mass is 35.5. The van der Waals surface area contributed by atoms with Crippen LogP contribution < -0.4 is 16.0 Å². The predicted molar refractivity (Wildman–Crippen MR) is 95.6 cm³/mol. The zero-order valence-corrected chi connectivity index (χ0v) is 14.2. The first-order chi connectivity index (χ1) is 12.1. The molecule has 0 radical (unpaired) electrons. The zero-order chi connectivity index (χ0) is 18.1. The van der Waals surface area contributed by atoms with Gasteiger partial charge in [0.2, 0.25) is 5.91 Å². The smallest absolute Gasteiger partial charge is 0.251 e. The maximum atomic E-state index is 11.9. The van der Waals surface area contributed by atoms with Gasteiger partial charge in [-0.2, -0.15) is 0 Å². The number of rotatable bonds is 7. The minimum atomic E-state index is -0.380. The number of carbonyl (C=O) groups excluding carboxylic acids is 3. The molecule has 0 fully saturated rings. The van der Waals surface area contributed by atoms with Gasteiger partial charge in [0.25, 0.3) is 11.8 Å². The van der Waals surface area contributed by atoms with Crippen molar-refractivity contribution in [2.24, 2.45) is 0 Å². The van der Waals surface area contributed by atoms with Crippen molar-refractivity contribution in [1.29, 1.82) is 0 Å². The Balaban J connectivity index is 1.64. The van der Waals surface area contributed by atoms with Gasteiger partial charge in [-0.15, -0.1) is 0 Å². The van der Waals surface area contributed by atoms with Crippen LogP contribution >= 0.6 is 11.6 Å². The molecule has 25 heavy (non-hydrogen) atoms. The van der Waals surface area contributed by atoms with Crippen LogP contribution in [-0.4, -0.2) is 37.4 Å². The molecular formula is C18H18ClN3O3. The number of hydrogen-bond donors (Lipinski definition) is 3. The molecular weight excluding hydrogens is 342 g/mol. The maximum Gasteiger partial charge on any atom is 0.251 e. The van der Waals surface area contributed by atoms with E-state index in [-0.39, 0.29) is 30.8 Å². The highest BCUT2D eigenvalue weighted by Gasteiger charge is 2.08. The van der Waals surface area contributed by atoms with Crippen LogP contribution in [-0.2, 0) is 4.79 Å². The fraction of sp³-hybridized carbons (Fsp3) is 0.167. The van der Waals surface area contributed by atoms with Crippen LogP contribution in [0, 0.1) is 0 Å². The summed E-state index contributed by atoms with van der Waals surface area (Å²) in [5.74, 6) is -0.927. The molecule has 0 spiro atoms. The molecule has 2 aromatic carbocycles. The van der Waals surface area contributed by atoms with E-state index in [2.05, 4.69) is 16.0 Å². The molecule has 0 saturated carbocycles. The van der Waals surface area contributed by atoms with Gasteiger partial charge >= 0.3 is 0 Å². The molecule has 0 aliphatic heterocycles. The summed E-state index contributed by atoms with van der Waals surface area (Å²) in [6, 6.07) is 15.2. The van der Waals surface area contributed by atoms with E-state index in [9.17, 15) is 14.4 Å². The van der Waals surface area contributed by atoms with E-state index in [0.717, 1.165) is 0 Å². The molecule has 0 heterocycles. The zero-order valence-electron chi connectivity index (χ0n) is 13.4. The van der Waals surface area contributed by atoms with Crippen LogP contribution in [0.5, 0.6) is 0 Å². The van der Waals surface area contributed by atoms with E-state index >= 15 is 0 Å². The molecule has 6 nitrogen and oxygen atoms in total. The molecule has 0 bridgehead atoms. The van der Waals surface area contributed by atoms with E-state index in [1.54, 1.807) is 42.5 Å². The van der Waals surface area contributed by atoms with Crippen LogP contribution in [0.2, 0.25) is 5.02 Å². The summed E-state index contributed by atoms with van der Waals surface area (Å²) >= 11 is 5.81. The van der Waals surface area contributed by atoms with E-state index in [1.165, 1.54) is 6.07 Å². The second-order valence-electron chi connectivity index (χ2n) is 5.16. The van der Waals surface area contributed by atoms with Crippen molar-refractivity contribution in [3.8, 4) is 0 Å². The molecule has 0 aliphatic carbocycles. The number of hydrogen-bond acceptors (Lipinski definition) is 3. The average molecular weight is 360 g/mol. The van der Waals surface area contributed by atoms with Gasteiger partial charge in [0, 0.05) is 29.2 Å². The van der Waals surface area contributed by atoms with Gasteiger partial charge in [0.05, 0.1) is 6.54 Å². The normalized spacial score (nSPS) is 9.96. The van der Waals surface area contributed by atoms with Crippen molar-refractivity contribution >= 4 is 29.3 Å². The largest absolute Gasteiger partial charge is 0.353 e. The third-order valence-corrected chi connectivity index (χ3v) is 3.50. The third kappa shape index (κ3) is 6.27. The van der Waals surface area contributed by atoms with Crippen LogP contribution in [0.25, 0.3) is 0 Å². The summed E-state index contributed by atoms with van der Waals surface area (Å²) in [5.41, 5.74) is 0.943. The van der Waals surface area contributed by atoms with Gasteiger partial charge in [0.1, 0.15) is 0 Å². The van der Waals surface area contributed by atoms with Gasteiger partial charge in [-0.25, -0.2) is 0 Å². The van der Waals surface area contributed by atoms with E-state index in [4.69, 9.17) is 11.6 Å². The molecule has 2 aromatic rings. The number of amides is 3. The summed E-state index contributed by atoms with van der Waals surface area (Å²) in [4.78, 5) is 35.4. The first-order valence-corrected chi connectivity index (χ1v) is 8.08. The van der Waals surface area contributed by atoms with Gasteiger partial charge in [0.15, 0.2) is 0 Å². The Labute approximate surface area is 150 Å². The monoisotopic (exact) mass is 359 g/mol. The summed E-state index contributed by atoms with van der Waals surface area (Å²) in [5, 5.41) is 8.26. The fourth-order valence-corrected chi connectivity index (χ4v) is 2.21. The van der Waals surface area contributed by atoms with Crippen molar-refractivity contribution in [3.63, 3.8) is 0 Å². The average Bonchev–Trinajstić information content (AvgIpc) is 2.63. The summed E-state index contributed by atoms with van der Waals surface area (Å²) < 4.78 is 0. The molecule has 0 saturated heterocycles. The maximum absolute atomic E-state index is 11.9. The predicted octanol–water partition coefficient (Wildman–Crippen LogP) is 1.62. The second-order valence-corrected chi connectivity index (χ2v) is 5.60. The van der Waals surface area contributed by atoms with Crippen LogP contribution in [0.4, 0.5) is 0 Å². The standard InChI is InChI=1S/C18H18ClN3O3/c19-15-8-4-7-14(11-15)18(25)22-12-16(23)20-9-10-21-17(24)13-5-2-1-3-6-13/h1-8,11H,9-10,12H2,(H,20,23)(H,21,24)(H,22,25). The van der Waals surface area contributed by atoms with Gasteiger partial charge < -0.3 is 16.0 Å². The number of nitrogens with one attached hydrogen (secondary N) is 3. The first kappa shape index (κ1) is 18.5. The minimum Gasteiger partial charge on any atom is -0.353 e. The molecule has 7 heteroatoms. The van der Waals surface area contributed by atoms with Gasteiger partial charge in [-0.3, -0.25) is 14.4 Å². The molecule has 2 rings (SSSR count). The van der Waals surface area contributed by atoms with Crippen LogP contribution in [0.3, 0.4) is 0 Å². The Morgan fingerprint density at radius 3 is 2.12 bits per heavy atom. The van der Waals surface area contributed by atoms with Crippen molar-refractivity contribution in [2.45, 2.75) is 0 Å². The molecule has 130 valence electrons.